The minimum atomic E-state index is -0.989. The molecule has 1 aromatic rings. The van der Waals surface area contributed by atoms with Crippen molar-refractivity contribution in [2.75, 3.05) is 0 Å². The largest absolute Gasteiger partial charge is 0.461 e. The van der Waals surface area contributed by atoms with E-state index in [1.807, 2.05) is 32.9 Å². The first-order valence-corrected chi connectivity index (χ1v) is 8.98. The Kier molecular flexibility index (Phi) is 2.00. The number of hydrogen-bond donors (Lipinski definition) is 0. The van der Waals surface area contributed by atoms with Crippen LogP contribution in [0, 0.1) is 29.1 Å². The zero-order chi connectivity index (χ0) is 17.6. The number of ether oxygens (including phenoxy) is 3. The van der Waals surface area contributed by atoms with Gasteiger partial charge in [-0.15, -0.1) is 0 Å². The van der Waals surface area contributed by atoms with Crippen molar-refractivity contribution >= 4 is 11.9 Å². The maximum absolute atomic E-state index is 13.4. The Bertz CT molecular complexity index is 907. The summed E-state index contributed by atoms with van der Waals surface area (Å²) >= 11 is 0. The molecule has 5 aliphatic rings. The predicted octanol–water partition coefficient (Wildman–Crippen LogP) is 2.49. The molecule has 4 fully saturated rings. The minimum absolute atomic E-state index is 0.158. The summed E-state index contributed by atoms with van der Waals surface area (Å²) in [6, 6.07) is 5.67. The fourth-order valence-electron chi connectivity index (χ4n) is 7.42. The third kappa shape index (κ3) is 0.949. The SMILES string of the molecule is Cc1cccc2c1[C@]13OC(C)[C@]4(C)CC5OC(=O)[C@@]1(C)[C@@H]5[C@]34C(=O)O2. The van der Waals surface area contributed by atoms with Crippen LogP contribution in [0.5, 0.6) is 5.75 Å². The molecule has 0 amide bonds. The molecule has 25 heavy (non-hydrogen) atoms. The molecule has 2 unspecified atom stereocenters. The molecule has 5 heteroatoms. The molecule has 0 aromatic heterocycles. The van der Waals surface area contributed by atoms with Gasteiger partial charge in [-0.3, -0.25) is 9.59 Å². The number of hydrogen-bond acceptors (Lipinski definition) is 5. The zero-order valence-electron chi connectivity index (χ0n) is 14.7. The average Bonchev–Trinajstić information content (AvgIpc) is 2.99. The van der Waals surface area contributed by atoms with Gasteiger partial charge in [0, 0.05) is 16.9 Å². The molecular formula is C20H20O5. The van der Waals surface area contributed by atoms with Gasteiger partial charge in [-0.2, -0.15) is 0 Å². The van der Waals surface area contributed by atoms with Crippen LogP contribution in [0.4, 0.5) is 0 Å². The number of fused-ring (bicyclic) bond motifs is 1. The second-order valence-electron chi connectivity index (χ2n) is 8.83. The van der Waals surface area contributed by atoms with Gasteiger partial charge in [0.1, 0.15) is 28.3 Å². The van der Waals surface area contributed by atoms with Crippen molar-refractivity contribution < 1.29 is 23.8 Å². The number of esters is 2. The highest BCUT2D eigenvalue weighted by Crippen LogP contribution is 2.91. The zero-order valence-corrected chi connectivity index (χ0v) is 14.7. The molecule has 0 radical (unpaired) electrons. The van der Waals surface area contributed by atoms with E-state index in [1.54, 1.807) is 6.07 Å². The van der Waals surface area contributed by atoms with Crippen molar-refractivity contribution in [2.24, 2.45) is 22.2 Å². The minimum Gasteiger partial charge on any atom is -0.461 e. The highest BCUT2D eigenvalue weighted by molar-refractivity contribution is 5.98. The second kappa shape index (κ2) is 3.50. The second-order valence-corrected chi connectivity index (χ2v) is 8.83. The molecule has 130 valence electrons. The molecular weight excluding hydrogens is 320 g/mol. The van der Waals surface area contributed by atoms with E-state index in [4.69, 9.17) is 14.2 Å². The lowest BCUT2D eigenvalue weighted by Crippen LogP contribution is -2.79. The van der Waals surface area contributed by atoms with E-state index < -0.39 is 21.8 Å². The van der Waals surface area contributed by atoms with Crippen molar-refractivity contribution in [3.05, 3.63) is 29.3 Å². The van der Waals surface area contributed by atoms with Gasteiger partial charge >= 0.3 is 11.9 Å². The lowest BCUT2D eigenvalue weighted by atomic mass is 9.33. The summed E-state index contributed by atoms with van der Waals surface area (Å²) < 4.78 is 18.3. The Morgan fingerprint density at radius 3 is 2.68 bits per heavy atom. The van der Waals surface area contributed by atoms with E-state index in [1.165, 1.54) is 0 Å². The van der Waals surface area contributed by atoms with Crippen molar-refractivity contribution in [3.8, 4) is 5.75 Å². The molecule has 2 saturated heterocycles. The van der Waals surface area contributed by atoms with E-state index in [2.05, 4.69) is 6.92 Å². The Labute approximate surface area is 145 Å². The quantitative estimate of drug-likeness (QED) is 0.536. The first-order valence-electron chi connectivity index (χ1n) is 8.98. The highest BCUT2D eigenvalue weighted by atomic mass is 16.6. The number of benzene rings is 1. The number of carbonyl (C=O) groups is 2. The summed E-state index contributed by atoms with van der Waals surface area (Å²) in [5, 5.41) is 0. The number of carbonyl (C=O) groups excluding carboxylic acids is 2. The van der Waals surface area contributed by atoms with Crippen LogP contribution in [0.2, 0.25) is 0 Å². The van der Waals surface area contributed by atoms with Gasteiger partial charge in [-0.05, 0) is 38.8 Å². The van der Waals surface area contributed by atoms with Gasteiger partial charge < -0.3 is 14.2 Å². The monoisotopic (exact) mass is 340 g/mol. The molecule has 2 saturated carbocycles. The fraction of sp³-hybridized carbons (Fsp3) is 0.600. The van der Waals surface area contributed by atoms with Crippen LogP contribution in [0.3, 0.4) is 0 Å². The molecule has 1 spiro atoms. The molecule has 2 aliphatic carbocycles. The maximum atomic E-state index is 13.4. The normalized spacial score (nSPS) is 53.5. The smallest absolute Gasteiger partial charge is 0.321 e. The summed E-state index contributed by atoms with van der Waals surface area (Å²) in [5.74, 6) is -0.142. The summed E-state index contributed by atoms with van der Waals surface area (Å²) in [6.07, 6.45) is 0.271. The lowest BCUT2D eigenvalue weighted by Gasteiger charge is -2.67. The number of aryl methyl sites for hydroxylation is 1. The van der Waals surface area contributed by atoms with E-state index >= 15 is 0 Å². The van der Waals surface area contributed by atoms with Crippen LogP contribution < -0.4 is 4.74 Å². The standard InChI is InChI=1S/C20H20O5/c1-9-6-5-7-11-13(9)20-18(4)14-12(24-15(18)21)8-17(3,10(2)25-20)19(14,20)16(22)23-11/h5-7,10,12,14H,8H2,1-4H3/t10?,12?,14-,17+,18-,19-,20+/m1/s1. The third-order valence-corrected chi connectivity index (χ3v) is 8.32. The van der Waals surface area contributed by atoms with E-state index in [0.29, 0.717) is 12.2 Å². The highest BCUT2D eigenvalue weighted by Gasteiger charge is 3.01. The predicted molar refractivity (Wildman–Crippen MR) is 85.7 cm³/mol. The Hall–Kier alpha value is -1.88. The molecule has 7 atom stereocenters. The maximum Gasteiger partial charge on any atom is 0.321 e. The van der Waals surface area contributed by atoms with Crippen molar-refractivity contribution in [1.82, 2.24) is 0 Å². The molecule has 6 rings (SSSR count). The summed E-state index contributed by atoms with van der Waals surface area (Å²) in [6.45, 7) is 8.05. The van der Waals surface area contributed by atoms with Gasteiger partial charge in [0.25, 0.3) is 0 Å². The van der Waals surface area contributed by atoms with Crippen LogP contribution in [0.25, 0.3) is 0 Å². The molecule has 0 N–H and O–H groups in total. The first kappa shape index (κ1) is 14.3. The van der Waals surface area contributed by atoms with Crippen LogP contribution in [-0.4, -0.2) is 24.1 Å². The van der Waals surface area contributed by atoms with Crippen molar-refractivity contribution in [2.45, 2.75) is 51.9 Å². The topological polar surface area (TPSA) is 61.8 Å². The van der Waals surface area contributed by atoms with Crippen LogP contribution in [-0.2, 0) is 24.7 Å². The Balaban J connectivity index is 1.81. The lowest BCUT2D eigenvalue weighted by molar-refractivity contribution is -0.285. The van der Waals surface area contributed by atoms with Crippen molar-refractivity contribution in [1.29, 1.82) is 0 Å². The number of rotatable bonds is 0. The first-order chi connectivity index (χ1) is 11.8. The van der Waals surface area contributed by atoms with Crippen LogP contribution in [0.15, 0.2) is 18.2 Å². The average molecular weight is 340 g/mol. The molecule has 0 bridgehead atoms. The molecule has 5 nitrogen and oxygen atoms in total. The van der Waals surface area contributed by atoms with Crippen LogP contribution >= 0.6 is 0 Å². The Morgan fingerprint density at radius 1 is 1.16 bits per heavy atom. The summed E-state index contributed by atoms with van der Waals surface area (Å²) in [5.41, 5.74) is -1.23. The van der Waals surface area contributed by atoms with Gasteiger partial charge in [0.15, 0.2) is 0 Å². The third-order valence-electron chi connectivity index (χ3n) is 8.32. The van der Waals surface area contributed by atoms with Gasteiger partial charge in [0.2, 0.25) is 0 Å². The van der Waals surface area contributed by atoms with Gasteiger partial charge in [0.05, 0.1) is 6.10 Å². The molecule has 3 aliphatic heterocycles. The van der Waals surface area contributed by atoms with E-state index in [9.17, 15) is 9.59 Å². The van der Waals surface area contributed by atoms with E-state index in [0.717, 1.165) is 11.1 Å². The van der Waals surface area contributed by atoms with Gasteiger partial charge in [-0.1, -0.05) is 19.1 Å². The van der Waals surface area contributed by atoms with Gasteiger partial charge in [-0.25, -0.2) is 0 Å². The molecule has 3 heterocycles. The summed E-state index contributed by atoms with van der Waals surface area (Å²) in [4.78, 5) is 26.4. The fourth-order valence-corrected chi connectivity index (χ4v) is 7.42. The Morgan fingerprint density at radius 2 is 1.92 bits per heavy atom. The van der Waals surface area contributed by atoms with E-state index in [-0.39, 0.29) is 30.1 Å². The molecule has 1 aromatic carbocycles. The van der Waals surface area contributed by atoms with Crippen LogP contribution in [0.1, 0.15) is 38.3 Å². The summed E-state index contributed by atoms with van der Waals surface area (Å²) in [7, 11) is 0. The van der Waals surface area contributed by atoms with Crippen molar-refractivity contribution in [3.63, 3.8) is 0 Å².